The fourth-order valence-electron chi connectivity index (χ4n) is 4.00. The molecule has 10 heteroatoms. The van der Waals surface area contributed by atoms with Crippen molar-refractivity contribution in [3.63, 3.8) is 0 Å². The van der Waals surface area contributed by atoms with Crippen LogP contribution in [0.3, 0.4) is 0 Å². The lowest BCUT2D eigenvalue weighted by Gasteiger charge is -2.32. The molecule has 39 heavy (non-hydrogen) atoms. The molecule has 1 atom stereocenters. The van der Waals surface area contributed by atoms with Gasteiger partial charge in [-0.1, -0.05) is 29.8 Å². The van der Waals surface area contributed by atoms with Crippen molar-refractivity contribution in [2.24, 2.45) is 0 Å². The number of methoxy groups -OCH3 is 1. The van der Waals surface area contributed by atoms with Crippen LogP contribution in [0.25, 0.3) is 0 Å². The minimum atomic E-state index is -4.14. The van der Waals surface area contributed by atoms with Crippen LogP contribution in [0.1, 0.15) is 25.0 Å². The lowest BCUT2D eigenvalue weighted by Crippen LogP contribution is -2.50. The molecule has 0 spiro atoms. The van der Waals surface area contributed by atoms with Gasteiger partial charge in [-0.3, -0.25) is 13.9 Å². The van der Waals surface area contributed by atoms with Crippen molar-refractivity contribution >= 4 is 27.5 Å². The third kappa shape index (κ3) is 7.29. The summed E-state index contributed by atoms with van der Waals surface area (Å²) in [5.74, 6) is 0.261. The highest BCUT2D eigenvalue weighted by Crippen LogP contribution is 2.27. The number of ether oxygens (including phenoxy) is 2. The monoisotopic (exact) mass is 553 g/mol. The van der Waals surface area contributed by atoms with Gasteiger partial charge in [0.2, 0.25) is 11.8 Å². The number of nitrogens with one attached hydrogen (secondary N) is 1. The summed E-state index contributed by atoms with van der Waals surface area (Å²) in [4.78, 5) is 27.8. The van der Waals surface area contributed by atoms with Crippen molar-refractivity contribution in [1.82, 2.24) is 10.2 Å². The Balaban J connectivity index is 2.03. The van der Waals surface area contributed by atoms with Crippen LogP contribution >= 0.6 is 0 Å². The van der Waals surface area contributed by atoms with Crippen LogP contribution in [-0.4, -0.2) is 58.5 Å². The number of hydrogen-bond acceptors (Lipinski definition) is 6. The standard InChI is InChI=1S/C29H35N3O6S/c1-6-38-25-14-12-24(13-15-25)32(39(35,36)27-16-10-21(2)11-17-27)20-28(33)31(22(3)29(34)30-4)19-23-8-7-9-26(18-23)37-5/h7-18,22H,6,19-20H2,1-5H3,(H,30,34)/t22-/m1/s1. The fourth-order valence-corrected chi connectivity index (χ4v) is 5.41. The fraction of sp³-hybridized carbons (Fsp3) is 0.310. The number of carbonyl (C=O) groups excluding carboxylic acids is 2. The zero-order valence-electron chi connectivity index (χ0n) is 22.9. The van der Waals surface area contributed by atoms with E-state index in [9.17, 15) is 18.0 Å². The number of benzene rings is 3. The number of aryl methyl sites for hydroxylation is 1. The molecule has 0 aliphatic rings. The average Bonchev–Trinajstić information content (AvgIpc) is 2.94. The molecular formula is C29H35N3O6S. The van der Waals surface area contributed by atoms with Crippen molar-refractivity contribution in [1.29, 1.82) is 0 Å². The van der Waals surface area contributed by atoms with Crippen molar-refractivity contribution in [3.8, 4) is 11.5 Å². The second kappa shape index (κ2) is 13.1. The summed E-state index contributed by atoms with van der Waals surface area (Å²) in [6.45, 7) is 5.33. The predicted octanol–water partition coefficient (Wildman–Crippen LogP) is 3.76. The molecule has 3 rings (SSSR count). The number of carbonyl (C=O) groups is 2. The van der Waals surface area contributed by atoms with Crippen molar-refractivity contribution in [3.05, 3.63) is 83.9 Å². The zero-order chi connectivity index (χ0) is 28.6. The molecule has 3 aromatic carbocycles. The molecule has 0 bridgehead atoms. The number of hydrogen-bond donors (Lipinski definition) is 1. The van der Waals surface area contributed by atoms with Crippen LogP contribution in [0.2, 0.25) is 0 Å². The van der Waals surface area contributed by atoms with E-state index in [0.29, 0.717) is 23.8 Å². The van der Waals surface area contributed by atoms with Gasteiger partial charge >= 0.3 is 0 Å². The van der Waals surface area contributed by atoms with E-state index < -0.39 is 28.5 Å². The van der Waals surface area contributed by atoms with Gasteiger partial charge in [0.05, 0.1) is 24.3 Å². The summed E-state index contributed by atoms with van der Waals surface area (Å²) >= 11 is 0. The molecule has 0 unspecified atom stereocenters. The highest BCUT2D eigenvalue weighted by Gasteiger charge is 2.32. The van der Waals surface area contributed by atoms with Gasteiger partial charge in [-0.2, -0.15) is 0 Å². The highest BCUT2D eigenvalue weighted by atomic mass is 32.2. The van der Waals surface area contributed by atoms with E-state index in [2.05, 4.69) is 5.32 Å². The topological polar surface area (TPSA) is 105 Å². The van der Waals surface area contributed by atoms with E-state index in [1.807, 2.05) is 19.9 Å². The van der Waals surface area contributed by atoms with Crippen molar-refractivity contribution < 1.29 is 27.5 Å². The Morgan fingerprint density at radius 3 is 2.23 bits per heavy atom. The van der Waals surface area contributed by atoms with Crippen LogP contribution < -0.4 is 19.1 Å². The first-order valence-corrected chi connectivity index (χ1v) is 14.0. The highest BCUT2D eigenvalue weighted by molar-refractivity contribution is 7.92. The molecule has 0 saturated heterocycles. The van der Waals surface area contributed by atoms with E-state index in [1.54, 1.807) is 68.6 Å². The first kappa shape index (κ1) is 29.5. The van der Waals surface area contributed by atoms with Crippen LogP contribution in [0.4, 0.5) is 5.69 Å². The van der Waals surface area contributed by atoms with Crippen molar-refractivity contribution in [2.45, 2.75) is 38.3 Å². The Bertz CT molecular complexity index is 1370. The third-order valence-corrected chi connectivity index (χ3v) is 8.01. The quantitative estimate of drug-likeness (QED) is 0.366. The van der Waals surface area contributed by atoms with Gasteiger partial charge in [-0.15, -0.1) is 0 Å². The molecule has 208 valence electrons. The molecule has 0 aliphatic carbocycles. The number of amides is 2. The molecule has 1 N–H and O–H groups in total. The van der Waals surface area contributed by atoms with E-state index in [-0.39, 0.29) is 17.3 Å². The zero-order valence-corrected chi connectivity index (χ0v) is 23.7. The first-order chi connectivity index (χ1) is 18.6. The van der Waals surface area contributed by atoms with Crippen LogP contribution in [0.15, 0.2) is 77.7 Å². The van der Waals surface area contributed by atoms with Crippen LogP contribution in [-0.2, 0) is 26.2 Å². The molecule has 0 saturated carbocycles. The van der Waals surface area contributed by atoms with Crippen LogP contribution in [0.5, 0.6) is 11.5 Å². The SMILES string of the molecule is CCOc1ccc(N(CC(=O)N(Cc2cccc(OC)c2)[C@H](C)C(=O)NC)S(=O)(=O)c2ccc(C)cc2)cc1. The average molecular weight is 554 g/mol. The second-order valence-corrected chi connectivity index (χ2v) is 10.8. The van der Waals surface area contributed by atoms with Gasteiger partial charge < -0.3 is 19.7 Å². The van der Waals surface area contributed by atoms with E-state index in [4.69, 9.17) is 9.47 Å². The molecular weight excluding hydrogens is 518 g/mol. The number of anilines is 1. The molecule has 3 aromatic rings. The third-order valence-electron chi connectivity index (χ3n) is 6.22. The Morgan fingerprint density at radius 2 is 1.64 bits per heavy atom. The summed E-state index contributed by atoms with van der Waals surface area (Å²) in [5, 5.41) is 2.57. The number of nitrogens with zero attached hydrogens (tertiary/aromatic N) is 2. The second-order valence-electron chi connectivity index (χ2n) is 8.92. The molecule has 0 heterocycles. The Labute approximate surface area is 230 Å². The van der Waals surface area contributed by atoms with Crippen LogP contribution in [0, 0.1) is 6.92 Å². The summed E-state index contributed by atoms with van der Waals surface area (Å²) in [5.41, 5.74) is 1.93. The van der Waals surface area contributed by atoms with Gasteiger partial charge in [0.1, 0.15) is 24.1 Å². The molecule has 0 fully saturated rings. The van der Waals surface area contributed by atoms with Crippen molar-refractivity contribution in [2.75, 3.05) is 31.6 Å². The summed E-state index contributed by atoms with van der Waals surface area (Å²) in [6, 6.07) is 19.2. The summed E-state index contributed by atoms with van der Waals surface area (Å²) in [7, 11) is -1.11. The van der Waals surface area contributed by atoms with Gasteiger partial charge in [0.15, 0.2) is 0 Å². The lowest BCUT2D eigenvalue weighted by atomic mass is 10.1. The van der Waals surface area contributed by atoms with E-state index >= 15 is 0 Å². The number of sulfonamides is 1. The smallest absolute Gasteiger partial charge is 0.264 e. The molecule has 0 aliphatic heterocycles. The summed E-state index contributed by atoms with van der Waals surface area (Å²) < 4.78 is 39.5. The Morgan fingerprint density at radius 1 is 0.974 bits per heavy atom. The van der Waals surface area contributed by atoms with Gasteiger partial charge in [0.25, 0.3) is 10.0 Å². The minimum absolute atomic E-state index is 0.0495. The molecule has 9 nitrogen and oxygen atoms in total. The molecule has 2 amide bonds. The normalized spacial score (nSPS) is 11.8. The Hall–Kier alpha value is -4.05. The van der Waals surface area contributed by atoms with E-state index in [1.165, 1.54) is 24.1 Å². The molecule has 0 radical (unpaired) electrons. The lowest BCUT2D eigenvalue weighted by molar-refractivity contribution is -0.139. The van der Waals surface area contributed by atoms with E-state index in [0.717, 1.165) is 15.4 Å². The van der Waals surface area contributed by atoms with Gasteiger partial charge in [0, 0.05) is 13.6 Å². The number of rotatable bonds is 12. The van der Waals surface area contributed by atoms with Gasteiger partial charge in [-0.05, 0) is 74.9 Å². The largest absolute Gasteiger partial charge is 0.497 e. The van der Waals surface area contributed by atoms with Gasteiger partial charge in [-0.25, -0.2) is 8.42 Å². The molecule has 0 aromatic heterocycles. The Kier molecular flexibility index (Phi) is 9.95. The minimum Gasteiger partial charge on any atom is -0.497 e. The first-order valence-electron chi connectivity index (χ1n) is 12.6. The summed E-state index contributed by atoms with van der Waals surface area (Å²) in [6.07, 6.45) is 0. The predicted molar refractivity (Wildman–Crippen MR) is 150 cm³/mol. The maximum atomic E-state index is 13.8. The maximum absolute atomic E-state index is 13.8. The number of likely N-dealkylation sites (N-methyl/N-ethyl adjacent to an activating group) is 1. The maximum Gasteiger partial charge on any atom is 0.264 e.